The molecule has 2 aromatic carbocycles. The molecule has 4 rings (SSSR count). The van der Waals surface area contributed by atoms with Crippen LogP contribution in [0.5, 0.6) is 0 Å². The number of rotatable bonds is 4. The van der Waals surface area contributed by atoms with Gasteiger partial charge in [-0.2, -0.15) is 4.31 Å². The number of nitrogens with one attached hydrogen (secondary N) is 1. The molecule has 1 aromatic heterocycles. The number of amides is 1. The number of carbonyl (C=O) groups excluding carboxylic acids is 1. The molecule has 0 unspecified atom stereocenters. The largest absolute Gasteiger partial charge is 0.451 e. The molecule has 0 spiro atoms. The highest BCUT2D eigenvalue weighted by Crippen LogP contribution is 2.27. The summed E-state index contributed by atoms with van der Waals surface area (Å²) in [4.78, 5) is 12.9. The molecule has 1 aliphatic rings. The van der Waals surface area contributed by atoms with Gasteiger partial charge in [0.1, 0.15) is 5.58 Å². The summed E-state index contributed by atoms with van der Waals surface area (Å²) in [6.45, 7) is 4.34. The maximum Gasteiger partial charge on any atom is 0.291 e. The number of furan rings is 1. The number of carbonyl (C=O) groups is 1. The first-order valence-electron chi connectivity index (χ1n) is 9.79. The van der Waals surface area contributed by atoms with Crippen molar-refractivity contribution < 1.29 is 17.6 Å². The van der Waals surface area contributed by atoms with Gasteiger partial charge in [0.25, 0.3) is 5.91 Å². The zero-order valence-electron chi connectivity index (χ0n) is 16.5. The lowest BCUT2D eigenvalue weighted by molar-refractivity contribution is 0.0998. The second kappa shape index (κ2) is 7.65. The Bertz CT molecular complexity index is 1150. The highest BCUT2D eigenvalue weighted by atomic mass is 32.2. The fraction of sp³-hybridized carbons (Fsp3) is 0.318. The van der Waals surface area contributed by atoms with Crippen molar-refractivity contribution in [3.05, 3.63) is 59.9 Å². The Balaban J connectivity index is 1.53. The average molecular weight is 413 g/mol. The number of benzene rings is 2. The number of hydrogen-bond acceptors (Lipinski definition) is 4. The van der Waals surface area contributed by atoms with Crippen LogP contribution in [0.1, 0.15) is 42.3 Å². The minimum absolute atomic E-state index is 0.00388. The van der Waals surface area contributed by atoms with E-state index in [0.717, 1.165) is 30.2 Å². The second-order valence-corrected chi connectivity index (χ2v) is 9.38. The van der Waals surface area contributed by atoms with E-state index < -0.39 is 10.0 Å². The molecule has 0 aliphatic carbocycles. The van der Waals surface area contributed by atoms with Crippen molar-refractivity contribution >= 4 is 32.6 Å². The standard InChI is InChI=1S/C22H24N2O4S/c1-15-7-5-6-14-24(15)29(26,27)18-12-10-17(11-13-18)23-22(25)21-16(2)19-8-3-4-9-20(19)28-21/h3-4,8-13,15H,5-7,14H2,1-2H3,(H,23,25)/t15-/m0/s1. The first-order valence-corrected chi connectivity index (χ1v) is 11.2. The zero-order chi connectivity index (χ0) is 20.6. The van der Waals surface area contributed by atoms with Crippen LogP contribution in [0.3, 0.4) is 0 Å². The highest BCUT2D eigenvalue weighted by molar-refractivity contribution is 7.89. The number of hydrogen-bond donors (Lipinski definition) is 1. The van der Waals surface area contributed by atoms with Crippen molar-refractivity contribution in [2.75, 3.05) is 11.9 Å². The molecule has 1 N–H and O–H groups in total. The molecule has 1 amide bonds. The number of fused-ring (bicyclic) bond motifs is 1. The average Bonchev–Trinajstić information content (AvgIpc) is 3.06. The van der Waals surface area contributed by atoms with E-state index in [0.29, 0.717) is 17.8 Å². The highest BCUT2D eigenvalue weighted by Gasteiger charge is 2.30. The molecule has 1 saturated heterocycles. The lowest BCUT2D eigenvalue weighted by Gasteiger charge is -2.32. The van der Waals surface area contributed by atoms with Crippen LogP contribution in [0.4, 0.5) is 5.69 Å². The monoisotopic (exact) mass is 412 g/mol. The predicted octanol–water partition coefficient (Wildman–Crippen LogP) is 4.56. The van der Waals surface area contributed by atoms with E-state index in [1.54, 1.807) is 16.4 Å². The lowest BCUT2D eigenvalue weighted by Crippen LogP contribution is -2.41. The number of para-hydroxylation sites is 1. The Morgan fingerprint density at radius 2 is 1.83 bits per heavy atom. The topological polar surface area (TPSA) is 79.6 Å². The summed E-state index contributed by atoms with van der Waals surface area (Å²) in [7, 11) is -3.53. The predicted molar refractivity (Wildman–Crippen MR) is 113 cm³/mol. The van der Waals surface area contributed by atoms with Gasteiger partial charge >= 0.3 is 0 Å². The van der Waals surface area contributed by atoms with Crippen molar-refractivity contribution in [1.82, 2.24) is 4.31 Å². The van der Waals surface area contributed by atoms with E-state index in [1.807, 2.05) is 38.1 Å². The molecular weight excluding hydrogens is 388 g/mol. The molecule has 0 saturated carbocycles. The molecule has 6 nitrogen and oxygen atoms in total. The molecule has 0 bridgehead atoms. The summed E-state index contributed by atoms with van der Waals surface area (Å²) >= 11 is 0. The van der Waals surface area contributed by atoms with Gasteiger partial charge in [0, 0.05) is 29.2 Å². The van der Waals surface area contributed by atoms with Gasteiger partial charge in [-0.15, -0.1) is 0 Å². The van der Waals surface area contributed by atoms with Crippen molar-refractivity contribution in [2.45, 2.75) is 44.0 Å². The van der Waals surface area contributed by atoms with Gasteiger partial charge in [0.2, 0.25) is 10.0 Å². The molecule has 3 aromatic rings. The number of nitrogens with zero attached hydrogens (tertiary/aromatic N) is 1. The first-order chi connectivity index (χ1) is 13.9. The Labute approximate surface area is 170 Å². The van der Waals surface area contributed by atoms with Gasteiger partial charge in [-0.3, -0.25) is 4.79 Å². The minimum atomic E-state index is -3.53. The van der Waals surface area contributed by atoms with E-state index in [4.69, 9.17) is 4.42 Å². The number of anilines is 1. The third-order valence-corrected chi connectivity index (χ3v) is 7.54. The van der Waals surface area contributed by atoms with Crippen molar-refractivity contribution in [2.24, 2.45) is 0 Å². The minimum Gasteiger partial charge on any atom is -0.451 e. The molecule has 1 atom stereocenters. The van der Waals surface area contributed by atoms with E-state index in [9.17, 15) is 13.2 Å². The van der Waals surface area contributed by atoms with Crippen LogP contribution in [0.25, 0.3) is 11.0 Å². The molecule has 1 fully saturated rings. The smallest absolute Gasteiger partial charge is 0.291 e. The summed E-state index contributed by atoms with van der Waals surface area (Å²) in [5, 5.41) is 3.68. The second-order valence-electron chi connectivity index (χ2n) is 7.49. The van der Waals surface area contributed by atoms with Gasteiger partial charge in [-0.25, -0.2) is 8.42 Å². The van der Waals surface area contributed by atoms with E-state index in [-0.39, 0.29) is 22.6 Å². The Morgan fingerprint density at radius 1 is 1.10 bits per heavy atom. The van der Waals surface area contributed by atoms with Crippen molar-refractivity contribution in [3.8, 4) is 0 Å². The summed E-state index contributed by atoms with van der Waals surface area (Å²) in [5.41, 5.74) is 1.95. The van der Waals surface area contributed by atoms with Gasteiger partial charge < -0.3 is 9.73 Å². The normalized spacial score (nSPS) is 18.1. The molecule has 29 heavy (non-hydrogen) atoms. The Hall–Kier alpha value is -2.64. The Kier molecular flexibility index (Phi) is 5.19. The summed E-state index contributed by atoms with van der Waals surface area (Å²) in [5.74, 6) is -0.107. The molecule has 152 valence electrons. The molecule has 0 radical (unpaired) electrons. The summed E-state index contributed by atoms with van der Waals surface area (Å²) in [6.07, 6.45) is 2.82. The molecule has 1 aliphatic heterocycles. The van der Waals surface area contributed by atoms with Gasteiger partial charge in [-0.05, 0) is 57.0 Å². The van der Waals surface area contributed by atoms with Crippen LogP contribution in [-0.2, 0) is 10.0 Å². The van der Waals surface area contributed by atoms with Crippen LogP contribution in [0, 0.1) is 6.92 Å². The molecule has 2 heterocycles. The fourth-order valence-corrected chi connectivity index (χ4v) is 5.55. The molecule has 7 heteroatoms. The quantitative estimate of drug-likeness (QED) is 0.681. The van der Waals surface area contributed by atoms with E-state index in [2.05, 4.69) is 5.32 Å². The summed E-state index contributed by atoms with van der Waals surface area (Å²) < 4.78 is 33.1. The van der Waals surface area contributed by atoms with Crippen LogP contribution >= 0.6 is 0 Å². The molecular formula is C22H24N2O4S. The third kappa shape index (κ3) is 3.68. The van der Waals surface area contributed by atoms with E-state index in [1.165, 1.54) is 12.1 Å². The fourth-order valence-electron chi connectivity index (χ4n) is 3.85. The van der Waals surface area contributed by atoms with Crippen LogP contribution in [0.15, 0.2) is 57.8 Å². The third-order valence-electron chi connectivity index (χ3n) is 5.51. The first kappa shape index (κ1) is 19.7. The lowest BCUT2D eigenvalue weighted by atomic mass is 10.1. The SMILES string of the molecule is Cc1c(C(=O)Nc2ccc(S(=O)(=O)N3CCCC[C@@H]3C)cc2)oc2ccccc12. The Morgan fingerprint density at radius 3 is 2.52 bits per heavy atom. The number of aryl methyl sites for hydroxylation is 1. The van der Waals surface area contributed by atoms with Crippen LogP contribution < -0.4 is 5.32 Å². The number of piperidine rings is 1. The van der Waals surface area contributed by atoms with Gasteiger partial charge in [0.05, 0.1) is 4.90 Å². The van der Waals surface area contributed by atoms with Gasteiger partial charge in [0.15, 0.2) is 5.76 Å². The van der Waals surface area contributed by atoms with E-state index >= 15 is 0 Å². The number of sulfonamides is 1. The maximum atomic E-state index is 12.9. The maximum absolute atomic E-state index is 12.9. The van der Waals surface area contributed by atoms with Crippen molar-refractivity contribution in [3.63, 3.8) is 0 Å². The van der Waals surface area contributed by atoms with Crippen LogP contribution in [-0.4, -0.2) is 31.2 Å². The zero-order valence-corrected chi connectivity index (χ0v) is 17.3. The van der Waals surface area contributed by atoms with Crippen molar-refractivity contribution in [1.29, 1.82) is 0 Å². The van der Waals surface area contributed by atoms with Crippen LogP contribution in [0.2, 0.25) is 0 Å². The van der Waals surface area contributed by atoms with Gasteiger partial charge in [-0.1, -0.05) is 24.6 Å². The summed E-state index contributed by atoms with van der Waals surface area (Å²) in [6, 6.07) is 13.8.